The molecule has 1 aromatic carbocycles. The molecule has 2 saturated heterocycles. The summed E-state index contributed by atoms with van der Waals surface area (Å²) in [7, 11) is 1.84. The number of piperidine rings is 2. The highest BCUT2D eigenvalue weighted by molar-refractivity contribution is 6.02. The summed E-state index contributed by atoms with van der Waals surface area (Å²) in [5.74, 6) is -1.35. The molecular weight excluding hydrogens is 424 g/mol. The maximum Gasteiger partial charge on any atom is 0.309 e. The predicted octanol–water partition coefficient (Wildman–Crippen LogP) is 2.16. The molecule has 33 heavy (non-hydrogen) atoms. The van der Waals surface area contributed by atoms with E-state index in [-0.39, 0.29) is 24.2 Å². The van der Waals surface area contributed by atoms with Crippen LogP contribution < -0.4 is 10.2 Å². The van der Waals surface area contributed by atoms with Crippen LogP contribution in [0.15, 0.2) is 18.2 Å². The van der Waals surface area contributed by atoms with E-state index < -0.39 is 17.1 Å². The average molecular weight is 457 g/mol. The number of hydrogen-bond acceptors (Lipinski definition) is 7. The van der Waals surface area contributed by atoms with Crippen LogP contribution in [0.2, 0.25) is 0 Å². The Morgan fingerprint density at radius 1 is 1.27 bits per heavy atom. The van der Waals surface area contributed by atoms with E-state index in [0.717, 1.165) is 16.6 Å². The Kier molecular flexibility index (Phi) is 5.94. The fraction of sp³-hybridized carbons (Fsp3) is 0.583. The van der Waals surface area contributed by atoms with E-state index >= 15 is 0 Å². The molecule has 1 aromatic heterocycles. The number of anilines is 1. The predicted molar refractivity (Wildman–Crippen MR) is 123 cm³/mol. The monoisotopic (exact) mass is 456 g/mol. The zero-order valence-electron chi connectivity index (χ0n) is 19.7. The number of carbonyl (C=O) groups is 3. The van der Waals surface area contributed by atoms with Crippen molar-refractivity contribution in [3.8, 4) is 0 Å². The third-order valence-electron chi connectivity index (χ3n) is 6.39. The van der Waals surface area contributed by atoms with Gasteiger partial charge in [-0.2, -0.15) is 5.10 Å². The molecule has 0 bridgehead atoms. The maximum absolute atomic E-state index is 12.3. The largest absolute Gasteiger partial charge is 0.460 e. The first-order valence-corrected chi connectivity index (χ1v) is 11.4. The molecule has 178 valence electrons. The number of rotatable bonds is 4. The van der Waals surface area contributed by atoms with Crippen molar-refractivity contribution in [2.45, 2.75) is 70.0 Å². The van der Waals surface area contributed by atoms with Gasteiger partial charge in [-0.3, -0.25) is 24.4 Å². The number of ether oxygens (including phenoxy) is 1. The highest BCUT2D eigenvalue weighted by Gasteiger charge is 2.36. The number of aliphatic hydroxyl groups is 1. The van der Waals surface area contributed by atoms with Gasteiger partial charge in [-0.25, -0.2) is 0 Å². The molecule has 0 radical (unpaired) electrons. The molecule has 2 aliphatic rings. The fourth-order valence-corrected chi connectivity index (χ4v) is 4.69. The van der Waals surface area contributed by atoms with Gasteiger partial charge in [-0.05, 0) is 58.2 Å². The normalized spacial score (nSPS) is 21.2. The Balaban J connectivity index is 1.47. The van der Waals surface area contributed by atoms with Gasteiger partial charge in [-0.15, -0.1) is 0 Å². The maximum atomic E-state index is 12.3. The second-order valence-corrected chi connectivity index (χ2v) is 10.2. The smallest absolute Gasteiger partial charge is 0.309 e. The quantitative estimate of drug-likeness (QED) is 0.535. The molecule has 4 rings (SSSR count). The lowest BCUT2D eigenvalue weighted by atomic mass is 9.88. The SMILES string of the molecule is Cn1nc(C2CCC(=O)NC2=O)c2ccc(N3CCC(O)(CC(=O)OC(C)(C)C)CC3)cc21. The summed E-state index contributed by atoms with van der Waals surface area (Å²) in [5.41, 5.74) is 0.962. The Morgan fingerprint density at radius 3 is 2.61 bits per heavy atom. The number of aromatic nitrogens is 2. The Bertz CT molecular complexity index is 1090. The minimum atomic E-state index is -1.06. The third-order valence-corrected chi connectivity index (χ3v) is 6.39. The van der Waals surface area contributed by atoms with Crippen molar-refractivity contribution in [3.05, 3.63) is 23.9 Å². The van der Waals surface area contributed by atoms with E-state index in [1.807, 2.05) is 46.0 Å². The molecular formula is C24H32N4O5. The van der Waals surface area contributed by atoms with Crippen molar-refractivity contribution in [3.63, 3.8) is 0 Å². The van der Waals surface area contributed by atoms with E-state index in [9.17, 15) is 19.5 Å². The van der Waals surface area contributed by atoms with Gasteiger partial charge in [-0.1, -0.05) is 0 Å². The van der Waals surface area contributed by atoms with Crippen LogP contribution in [0.1, 0.15) is 64.5 Å². The van der Waals surface area contributed by atoms with Crippen molar-refractivity contribution < 1.29 is 24.2 Å². The lowest BCUT2D eigenvalue weighted by Crippen LogP contribution is -2.46. The summed E-state index contributed by atoms with van der Waals surface area (Å²) in [6.45, 7) is 6.68. The molecule has 2 fully saturated rings. The molecule has 1 atom stereocenters. The van der Waals surface area contributed by atoms with E-state index in [0.29, 0.717) is 44.5 Å². The average Bonchev–Trinajstić information content (AvgIpc) is 3.02. The second-order valence-electron chi connectivity index (χ2n) is 10.2. The lowest BCUT2D eigenvalue weighted by molar-refractivity contribution is -0.161. The van der Waals surface area contributed by atoms with Crippen LogP contribution in [-0.4, -0.2) is 57.0 Å². The van der Waals surface area contributed by atoms with Crippen LogP contribution in [0.5, 0.6) is 0 Å². The molecule has 0 saturated carbocycles. The Labute approximate surface area is 193 Å². The Morgan fingerprint density at radius 2 is 1.97 bits per heavy atom. The number of fused-ring (bicyclic) bond motifs is 1. The zero-order valence-corrected chi connectivity index (χ0v) is 19.7. The first-order valence-electron chi connectivity index (χ1n) is 11.4. The molecule has 0 aliphatic carbocycles. The van der Waals surface area contributed by atoms with Crippen molar-refractivity contribution in [1.82, 2.24) is 15.1 Å². The van der Waals surface area contributed by atoms with Crippen LogP contribution in [0.3, 0.4) is 0 Å². The van der Waals surface area contributed by atoms with E-state index in [4.69, 9.17) is 4.74 Å². The molecule has 9 heteroatoms. The molecule has 1 unspecified atom stereocenters. The number of imide groups is 1. The molecule has 2 aliphatic heterocycles. The van der Waals surface area contributed by atoms with Crippen molar-refractivity contribution >= 4 is 34.4 Å². The number of nitrogens with one attached hydrogen (secondary N) is 1. The van der Waals surface area contributed by atoms with Crippen LogP contribution in [0.4, 0.5) is 5.69 Å². The molecule has 3 heterocycles. The minimum Gasteiger partial charge on any atom is -0.460 e. The molecule has 0 spiro atoms. The number of esters is 1. The van der Waals surface area contributed by atoms with Gasteiger partial charge in [0.15, 0.2) is 0 Å². The van der Waals surface area contributed by atoms with Crippen molar-refractivity contribution in [2.75, 3.05) is 18.0 Å². The third kappa shape index (κ3) is 5.03. The first-order chi connectivity index (χ1) is 15.4. The van der Waals surface area contributed by atoms with Crippen LogP contribution >= 0.6 is 0 Å². The van der Waals surface area contributed by atoms with Gasteiger partial charge in [0.25, 0.3) is 0 Å². The second kappa shape index (κ2) is 8.44. The van der Waals surface area contributed by atoms with E-state index in [2.05, 4.69) is 15.3 Å². The van der Waals surface area contributed by atoms with Gasteiger partial charge in [0.1, 0.15) is 5.60 Å². The summed E-state index contributed by atoms with van der Waals surface area (Å²) in [6.07, 6.45) is 1.70. The van der Waals surface area contributed by atoms with E-state index in [1.165, 1.54) is 0 Å². The number of amides is 2. The molecule has 2 N–H and O–H groups in total. The molecule has 9 nitrogen and oxygen atoms in total. The van der Waals surface area contributed by atoms with Crippen LogP contribution in [-0.2, 0) is 26.2 Å². The molecule has 2 amide bonds. The minimum absolute atomic E-state index is 0.00576. The topological polar surface area (TPSA) is 114 Å². The van der Waals surface area contributed by atoms with Gasteiger partial charge >= 0.3 is 5.97 Å². The lowest BCUT2D eigenvalue weighted by Gasteiger charge is -2.39. The van der Waals surface area contributed by atoms with Gasteiger partial charge in [0, 0.05) is 37.6 Å². The number of aryl methyl sites for hydroxylation is 1. The van der Waals surface area contributed by atoms with Crippen LogP contribution in [0.25, 0.3) is 10.9 Å². The van der Waals surface area contributed by atoms with E-state index in [1.54, 1.807) is 4.68 Å². The van der Waals surface area contributed by atoms with Gasteiger partial charge in [0.05, 0.1) is 29.2 Å². The summed E-state index contributed by atoms with van der Waals surface area (Å²) >= 11 is 0. The van der Waals surface area contributed by atoms with Crippen molar-refractivity contribution in [1.29, 1.82) is 0 Å². The Hall–Kier alpha value is -2.94. The zero-order chi connectivity index (χ0) is 24.0. The standard InChI is InChI=1S/C24H32N4O5/c1-23(2,3)33-20(30)14-24(32)9-11-28(12-10-24)15-5-6-16-18(13-15)27(4)26-21(16)17-7-8-19(29)25-22(17)31/h5-6,13,17,32H,7-12,14H2,1-4H3,(H,25,29,31). The number of nitrogens with zero attached hydrogens (tertiary/aromatic N) is 3. The summed E-state index contributed by atoms with van der Waals surface area (Å²) in [6, 6.07) is 6.01. The molecule has 2 aromatic rings. The number of benzene rings is 1. The van der Waals surface area contributed by atoms with Crippen LogP contribution in [0, 0.1) is 0 Å². The highest BCUT2D eigenvalue weighted by Crippen LogP contribution is 2.34. The summed E-state index contributed by atoms with van der Waals surface area (Å²) < 4.78 is 7.14. The number of carbonyl (C=O) groups excluding carboxylic acids is 3. The van der Waals surface area contributed by atoms with Crippen molar-refractivity contribution in [2.24, 2.45) is 7.05 Å². The fourth-order valence-electron chi connectivity index (χ4n) is 4.69. The summed E-state index contributed by atoms with van der Waals surface area (Å²) in [4.78, 5) is 38.2. The van der Waals surface area contributed by atoms with Gasteiger partial charge < -0.3 is 14.7 Å². The van der Waals surface area contributed by atoms with Gasteiger partial charge in [0.2, 0.25) is 11.8 Å². The first kappa shape index (κ1) is 23.2. The summed E-state index contributed by atoms with van der Waals surface area (Å²) in [5, 5.41) is 18.8. The highest BCUT2D eigenvalue weighted by atomic mass is 16.6. The number of hydrogen-bond donors (Lipinski definition) is 2.